The van der Waals surface area contributed by atoms with Crippen LogP contribution in [0.5, 0.6) is 0 Å². The van der Waals surface area contributed by atoms with Gasteiger partial charge in [0.25, 0.3) is 0 Å². The van der Waals surface area contributed by atoms with E-state index in [1.807, 2.05) is 43.6 Å². The average Bonchev–Trinajstić information content (AvgIpc) is 3.10. The van der Waals surface area contributed by atoms with Crippen LogP contribution < -0.4 is 10.6 Å². The zero-order chi connectivity index (χ0) is 28.7. The fourth-order valence-electron chi connectivity index (χ4n) is 6.36. The van der Waals surface area contributed by atoms with Crippen molar-refractivity contribution < 1.29 is 9.13 Å². The molecular weight excluding hydrogens is 513 g/mol. The molecule has 218 valence electrons. The summed E-state index contributed by atoms with van der Waals surface area (Å²) < 4.78 is 20.0. The highest BCUT2D eigenvalue weighted by Gasteiger charge is 2.32. The number of aromatic nitrogens is 1. The molecule has 2 atom stereocenters. The predicted molar refractivity (Wildman–Crippen MR) is 166 cm³/mol. The van der Waals surface area contributed by atoms with Crippen molar-refractivity contribution in [2.45, 2.75) is 52.0 Å². The molecule has 4 aliphatic rings. The predicted octanol–water partition coefficient (Wildman–Crippen LogP) is 4.68. The number of aliphatic imine (C=N–C) groups is 1. The molecule has 7 heteroatoms. The maximum atomic E-state index is 14.6. The summed E-state index contributed by atoms with van der Waals surface area (Å²) in [4.78, 5) is 17.0. The minimum Gasteiger partial charge on any atom is -0.501 e. The van der Waals surface area contributed by atoms with E-state index in [0.717, 1.165) is 86.3 Å². The minimum absolute atomic E-state index is 0.199. The van der Waals surface area contributed by atoms with Gasteiger partial charge in [-0.15, -0.1) is 0 Å². The first kappa shape index (κ1) is 29.1. The van der Waals surface area contributed by atoms with Crippen LogP contribution in [-0.4, -0.2) is 78.3 Å². The van der Waals surface area contributed by atoms with Crippen LogP contribution in [0.25, 0.3) is 12.3 Å². The number of likely N-dealkylation sites (tertiary alicyclic amines) is 1. The summed E-state index contributed by atoms with van der Waals surface area (Å²) in [6.45, 7) is 10.1. The Morgan fingerprint density at radius 1 is 1.12 bits per heavy atom. The SMILES string of the molecule is C/C=C(\CC=c1cccn/c1=C\N1CCN(C2CCCCN(C3=C4N=CC=CC4(C)C=C(F)C=C3)CC2)CC1)OC. The summed E-state index contributed by atoms with van der Waals surface area (Å²) >= 11 is 0. The van der Waals surface area contributed by atoms with Crippen LogP contribution in [0.2, 0.25) is 0 Å². The Bertz CT molecular complexity index is 1380. The third kappa shape index (κ3) is 7.07. The van der Waals surface area contributed by atoms with Gasteiger partial charge in [0.2, 0.25) is 0 Å². The Hall–Kier alpha value is -3.45. The van der Waals surface area contributed by atoms with Crippen molar-refractivity contribution >= 4 is 18.5 Å². The highest BCUT2D eigenvalue weighted by molar-refractivity contribution is 5.75. The molecule has 0 amide bonds. The van der Waals surface area contributed by atoms with Crippen LogP contribution in [0, 0.1) is 5.41 Å². The Balaban J connectivity index is 1.24. The summed E-state index contributed by atoms with van der Waals surface area (Å²) in [5.74, 6) is 0.758. The van der Waals surface area contributed by atoms with Crippen LogP contribution in [0.4, 0.5) is 4.39 Å². The molecule has 0 saturated carbocycles. The number of piperazine rings is 1. The average molecular weight is 558 g/mol. The smallest absolute Gasteiger partial charge is 0.120 e. The van der Waals surface area contributed by atoms with Crippen LogP contribution in [-0.2, 0) is 4.74 Å². The normalized spacial score (nSPS) is 27.0. The van der Waals surface area contributed by atoms with Gasteiger partial charge in [-0.1, -0.05) is 24.6 Å². The van der Waals surface area contributed by atoms with Crippen molar-refractivity contribution in [1.82, 2.24) is 19.7 Å². The second kappa shape index (κ2) is 13.5. The standard InChI is InChI=1S/C34H44FN5O/c1-4-30(41-3)13-11-27-9-7-17-36-31(27)26-38-21-23-39(24-22-38)29-10-5-6-19-40(20-15-29)32-14-12-28(35)25-34(2)16-8-18-37-33(32)34/h4,7-9,11-12,14,16-18,25-26,29H,5-6,10,13,15,19-24H2,1-3H3/b27-11?,30-4+,31-26-. The van der Waals surface area contributed by atoms with E-state index in [9.17, 15) is 4.39 Å². The number of hydrogen-bond acceptors (Lipinski definition) is 6. The number of allylic oxidation sites excluding steroid dienone is 7. The van der Waals surface area contributed by atoms with Gasteiger partial charge in [0, 0.05) is 70.3 Å². The molecule has 1 aromatic rings. The molecule has 5 rings (SSSR count). The maximum absolute atomic E-state index is 14.6. The van der Waals surface area contributed by atoms with Gasteiger partial charge in [0.15, 0.2) is 0 Å². The first-order valence-corrected chi connectivity index (χ1v) is 15.1. The Morgan fingerprint density at radius 3 is 2.78 bits per heavy atom. The molecule has 3 aliphatic heterocycles. The van der Waals surface area contributed by atoms with Crippen molar-refractivity contribution in [2.75, 3.05) is 46.4 Å². The molecule has 2 saturated heterocycles. The van der Waals surface area contributed by atoms with Crippen molar-refractivity contribution in [2.24, 2.45) is 10.4 Å². The maximum Gasteiger partial charge on any atom is 0.120 e. The van der Waals surface area contributed by atoms with Gasteiger partial charge >= 0.3 is 0 Å². The van der Waals surface area contributed by atoms with E-state index >= 15 is 0 Å². The van der Waals surface area contributed by atoms with Gasteiger partial charge in [-0.25, -0.2) is 4.39 Å². The summed E-state index contributed by atoms with van der Waals surface area (Å²) in [6, 6.07) is 4.68. The number of methoxy groups -OCH3 is 1. The zero-order valence-electron chi connectivity index (χ0n) is 24.8. The van der Waals surface area contributed by atoms with Gasteiger partial charge in [0.05, 0.1) is 35.0 Å². The second-order valence-corrected chi connectivity index (χ2v) is 11.5. The van der Waals surface area contributed by atoms with Gasteiger partial charge in [-0.2, -0.15) is 0 Å². The molecule has 0 bridgehead atoms. The number of ether oxygens (including phenoxy) is 1. The number of nitrogens with zero attached hydrogens (tertiary/aromatic N) is 5. The topological polar surface area (TPSA) is 44.2 Å². The highest BCUT2D eigenvalue weighted by atomic mass is 19.1. The van der Waals surface area contributed by atoms with Crippen molar-refractivity contribution in [3.63, 3.8) is 0 Å². The lowest BCUT2D eigenvalue weighted by Crippen LogP contribution is -2.50. The molecule has 0 spiro atoms. The monoisotopic (exact) mass is 557 g/mol. The number of rotatable bonds is 6. The van der Waals surface area contributed by atoms with E-state index in [1.54, 1.807) is 19.3 Å². The molecule has 0 aromatic carbocycles. The van der Waals surface area contributed by atoms with E-state index in [-0.39, 0.29) is 5.83 Å². The van der Waals surface area contributed by atoms with Gasteiger partial charge in [0.1, 0.15) is 5.83 Å². The van der Waals surface area contributed by atoms with Crippen LogP contribution >= 0.6 is 0 Å². The van der Waals surface area contributed by atoms with E-state index in [1.165, 1.54) is 12.8 Å². The van der Waals surface area contributed by atoms with E-state index < -0.39 is 5.41 Å². The number of hydrogen-bond donors (Lipinski definition) is 0. The van der Waals surface area contributed by atoms with Crippen molar-refractivity contribution in [3.05, 3.63) is 88.3 Å². The molecule has 41 heavy (non-hydrogen) atoms. The molecule has 1 aliphatic carbocycles. The summed E-state index contributed by atoms with van der Waals surface area (Å²) in [7, 11) is 1.72. The number of halogens is 1. The quantitative estimate of drug-likeness (QED) is 0.475. The largest absolute Gasteiger partial charge is 0.501 e. The summed E-state index contributed by atoms with van der Waals surface area (Å²) in [6.07, 6.45) is 24.8. The van der Waals surface area contributed by atoms with Gasteiger partial charge < -0.3 is 14.5 Å². The second-order valence-electron chi connectivity index (χ2n) is 11.5. The molecule has 2 fully saturated rings. The first-order chi connectivity index (χ1) is 20.0. The molecule has 6 nitrogen and oxygen atoms in total. The van der Waals surface area contributed by atoms with Crippen LogP contribution in [0.15, 0.2) is 82.8 Å². The lowest BCUT2D eigenvalue weighted by Gasteiger charge is -2.41. The third-order valence-electron chi connectivity index (χ3n) is 8.76. The van der Waals surface area contributed by atoms with Crippen molar-refractivity contribution in [1.29, 1.82) is 0 Å². The van der Waals surface area contributed by atoms with Crippen LogP contribution in [0.3, 0.4) is 0 Å². The van der Waals surface area contributed by atoms with Crippen molar-refractivity contribution in [3.8, 4) is 0 Å². The number of fused-ring (bicyclic) bond motifs is 1. The fourth-order valence-corrected chi connectivity index (χ4v) is 6.36. The van der Waals surface area contributed by atoms with Crippen LogP contribution in [0.1, 0.15) is 46.0 Å². The van der Waals surface area contributed by atoms with E-state index in [0.29, 0.717) is 6.04 Å². The fraction of sp³-hybridized carbons (Fsp3) is 0.471. The Labute approximate surface area is 244 Å². The lowest BCUT2D eigenvalue weighted by atomic mass is 9.83. The molecule has 0 N–H and O–H groups in total. The number of pyridine rings is 1. The first-order valence-electron chi connectivity index (χ1n) is 15.1. The number of dihydropyridines is 1. The van der Waals surface area contributed by atoms with E-state index in [2.05, 4.69) is 51.0 Å². The molecule has 1 aromatic heterocycles. The van der Waals surface area contributed by atoms with Gasteiger partial charge in [-0.3, -0.25) is 14.9 Å². The minimum atomic E-state index is -0.518. The molecule has 2 unspecified atom stereocenters. The molecular formula is C34H44FN5O. The summed E-state index contributed by atoms with van der Waals surface area (Å²) in [5.41, 5.74) is 1.49. The third-order valence-corrected chi connectivity index (χ3v) is 8.76. The van der Waals surface area contributed by atoms with Gasteiger partial charge in [-0.05, 0) is 74.8 Å². The zero-order valence-corrected chi connectivity index (χ0v) is 24.8. The van der Waals surface area contributed by atoms with E-state index in [4.69, 9.17) is 9.73 Å². The highest BCUT2D eigenvalue weighted by Crippen LogP contribution is 2.40. The molecule has 4 heterocycles. The Kier molecular flexibility index (Phi) is 9.55. The summed E-state index contributed by atoms with van der Waals surface area (Å²) in [5, 5.41) is 2.15. The lowest BCUT2D eigenvalue weighted by molar-refractivity contribution is 0.104. The Morgan fingerprint density at radius 2 is 1.98 bits per heavy atom. The molecule has 0 radical (unpaired) electrons.